The number of anilines is 1. The summed E-state index contributed by atoms with van der Waals surface area (Å²) in [5.41, 5.74) is 0.482. The van der Waals surface area contributed by atoms with Gasteiger partial charge in [-0.05, 0) is 25.1 Å². The van der Waals surface area contributed by atoms with Gasteiger partial charge in [0.2, 0.25) is 0 Å². The Morgan fingerprint density at radius 3 is 2.72 bits per heavy atom. The Labute approximate surface area is 151 Å². The molecule has 1 saturated heterocycles. The van der Waals surface area contributed by atoms with Gasteiger partial charge in [0.15, 0.2) is 0 Å². The van der Waals surface area contributed by atoms with Crippen molar-refractivity contribution in [2.75, 3.05) is 44.6 Å². The number of nitrogens with zero attached hydrogens (tertiary/aromatic N) is 3. The van der Waals surface area contributed by atoms with E-state index in [2.05, 4.69) is 19.9 Å². The lowest BCUT2D eigenvalue weighted by molar-refractivity contribution is 0.149. The van der Waals surface area contributed by atoms with E-state index < -0.39 is 10.0 Å². The van der Waals surface area contributed by atoms with Crippen molar-refractivity contribution in [2.24, 2.45) is 4.40 Å². The maximum Gasteiger partial charge on any atom is 0.317 e. The highest BCUT2D eigenvalue weighted by molar-refractivity contribution is 7.90. The van der Waals surface area contributed by atoms with E-state index in [9.17, 15) is 13.2 Å². The van der Waals surface area contributed by atoms with E-state index in [0.29, 0.717) is 55.8 Å². The average Bonchev–Trinajstić information content (AvgIpc) is 2.56. The lowest BCUT2D eigenvalue weighted by Crippen LogP contribution is -2.53. The number of fused-ring (bicyclic) bond motifs is 1. The number of benzene rings is 1. The van der Waals surface area contributed by atoms with Crippen LogP contribution in [0.25, 0.3) is 0 Å². The van der Waals surface area contributed by atoms with Crippen LogP contribution in [-0.4, -0.2) is 69.4 Å². The molecule has 2 amide bonds. The molecular formula is C15H20ClN5O3S. The summed E-state index contributed by atoms with van der Waals surface area (Å²) in [7, 11) is -3.76. The van der Waals surface area contributed by atoms with Gasteiger partial charge >= 0.3 is 6.03 Å². The van der Waals surface area contributed by atoms with Gasteiger partial charge in [0, 0.05) is 37.7 Å². The van der Waals surface area contributed by atoms with Crippen LogP contribution in [0.1, 0.15) is 6.92 Å². The molecule has 0 aromatic heterocycles. The Morgan fingerprint density at radius 1 is 1.32 bits per heavy atom. The maximum absolute atomic E-state index is 12.3. The van der Waals surface area contributed by atoms with Crippen LogP contribution in [-0.2, 0) is 10.0 Å². The fourth-order valence-corrected chi connectivity index (χ4v) is 4.24. The molecule has 2 aliphatic heterocycles. The first-order valence-electron chi connectivity index (χ1n) is 8.04. The first-order chi connectivity index (χ1) is 11.9. The fraction of sp³-hybridized carbons (Fsp3) is 0.467. The number of urea groups is 1. The van der Waals surface area contributed by atoms with Crippen molar-refractivity contribution in [3.8, 4) is 0 Å². The second-order valence-corrected chi connectivity index (χ2v) is 7.89. The van der Waals surface area contributed by atoms with Gasteiger partial charge in [-0.15, -0.1) is 4.40 Å². The van der Waals surface area contributed by atoms with Crippen LogP contribution in [0.5, 0.6) is 0 Å². The van der Waals surface area contributed by atoms with Crippen LogP contribution in [0.3, 0.4) is 0 Å². The number of sulfonamides is 1. The summed E-state index contributed by atoms with van der Waals surface area (Å²) in [6.45, 7) is 5.37. The molecule has 2 heterocycles. The average molecular weight is 386 g/mol. The number of amides is 2. The Hall–Kier alpha value is -1.84. The number of hydrogen-bond donors (Lipinski definition) is 2. The van der Waals surface area contributed by atoms with Gasteiger partial charge in [0.05, 0.1) is 12.2 Å². The summed E-state index contributed by atoms with van der Waals surface area (Å²) < 4.78 is 28.5. The summed E-state index contributed by atoms with van der Waals surface area (Å²) in [6.07, 6.45) is 0. The molecule has 1 aromatic rings. The predicted molar refractivity (Wildman–Crippen MR) is 96.8 cm³/mol. The molecule has 1 aromatic carbocycles. The summed E-state index contributed by atoms with van der Waals surface area (Å²) in [6, 6.07) is 4.60. The molecule has 0 bridgehead atoms. The van der Waals surface area contributed by atoms with Crippen molar-refractivity contribution >= 4 is 39.2 Å². The second kappa shape index (κ2) is 7.19. The Balaban J connectivity index is 1.65. The van der Waals surface area contributed by atoms with Gasteiger partial charge in [-0.3, -0.25) is 4.90 Å². The summed E-state index contributed by atoms with van der Waals surface area (Å²) >= 11 is 5.87. The maximum atomic E-state index is 12.3. The molecule has 136 valence electrons. The number of piperazine rings is 1. The molecule has 0 atom stereocenters. The molecule has 0 radical (unpaired) electrons. The predicted octanol–water partition coefficient (Wildman–Crippen LogP) is 1.20. The number of carbonyl (C=O) groups is 1. The highest BCUT2D eigenvalue weighted by Crippen LogP contribution is 2.29. The summed E-state index contributed by atoms with van der Waals surface area (Å²) in [4.78, 5) is 15.7. The van der Waals surface area contributed by atoms with E-state index in [0.717, 1.165) is 0 Å². The smallest absolute Gasteiger partial charge is 0.317 e. The first kappa shape index (κ1) is 18.0. The van der Waals surface area contributed by atoms with Crippen molar-refractivity contribution in [1.82, 2.24) is 15.1 Å². The number of halogens is 1. The third-order valence-corrected chi connectivity index (χ3v) is 5.68. The number of nitrogens with one attached hydrogen (secondary N) is 2. The molecule has 2 N–H and O–H groups in total. The van der Waals surface area contributed by atoms with E-state index in [1.807, 2.05) is 6.92 Å². The van der Waals surface area contributed by atoms with E-state index in [-0.39, 0.29) is 10.9 Å². The number of rotatable bonds is 3. The van der Waals surface area contributed by atoms with Crippen LogP contribution >= 0.6 is 11.6 Å². The molecule has 0 aliphatic carbocycles. The standard InChI is InChI=1S/C15H20ClN5O3S/c1-2-17-15(22)21-7-5-20(6-8-21)10-14-18-12-4-3-11(16)9-13(12)25(23,24)19-14/h3-4,9H,2,5-8,10H2,1H3,(H,17,22)(H,18,19). The van der Waals surface area contributed by atoms with Crippen LogP contribution in [0.4, 0.5) is 10.5 Å². The number of hydrogen-bond acceptors (Lipinski definition) is 5. The van der Waals surface area contributed by atoms with Gasteiger partial charge in [0.25, 0.3) is 10.0 Å². The Bertz CT molecular complexity index is 803. The quantitative estimate of drug-likeness (QED) is 0.815. The minimum atomic E-state index is -3.76. The molecule has 0 saturated carbocycles. The molecule has 1 fully saturated rings. The molecule has 2 aliphatic rings. The lowest BCUT2D eigenvalue weighted by atomic mass is 10.3. The van der Waals surface area contributed by atoms with Crippen molar-refractivity contribution in [2.45, 2.75) is 11.8 Å². The van der Waals surface area contributed by atoms with E-state index in [1.165, 1.54) is 6.07 Å². The van der Waals surface area contributed by atoms with Gasteiger partial charge in [-0.1, -0.05) is 11.6 Å². The highest BCUT2D eigenvalue weighted by Gasteiger charge is 2.27. The van der Waals surface area contributed by atoms with Crippen molar-refractivity contribution in [1.29, 1.82) is 0 Å². The van der Waals surface area contributed by atoms with Gasteiger partial charge in [0.1, 0.15) is 10.7 Å². The van der Waals surface area contributed by atoms with Crippen molar-refractivity contribution in [3.05, 3.63) is 23.2 Å². The molecule has 0 spiro atoms. The summed E-state index contributed by atoms with van der Waals surface area (Å²) in [5.74, 6) is 0.376. The highest BCUT2D eigenvalue weighted by atomic mass is 35.5. The van der Waals surface area contributed by atoms with Crippen LogP contribution in [0.2, 0.25) is 5.02 Å². The first-order valence-corrected chi connectivity index (χ1v) is 9.86. The fourth-order valence-electron chi connectivity index (χ4n) is 2.84. The van der Waals surface area contributed by atoms with Crippen molar-refractivity contribution < 1.29 is 13.2 Å². The SMILES string of the molecule is CCNC(=O)N1CCN(CC2=NS(=O)(=O)c3cc(Cl)ccc3N2)CC1. The normalized spacial score (nSPS) is 19.6. The molecule has 0 unspecified atom stereocenters. The minimum Gasteiger partial charge on any atom is -0.341 e. The number of carbonyl (C=O) groups excluding carboxylic acids is 1. The molecule has 10 heteroatoms. The van der Waals surface area contributed by atoms with Crippen LogP contribution < -0.4 is 10.6 Å². The molecule has 25 heavy (non-hydrogen) atoms. The third-order valence-electron chi connectivity index (χ3n) is 4.09. The zero-order chi connectivity index (χ0) is 18.0. The third kappa shape index (κ3) is 4.05. The van der Waals surface area contributed by atoms with E-state index in [4.69, 9.17) is 11.6 Å². The van der Waals surface area contributed by atoms with E-state index >= 15 is 0 Å². The summed E-state index contributed by atoms with van der Waals surface area (Å²) in [5, 5.41) is 6.19. The van der Waals surface area contributed by atoms with Gasteiger partial charge < -0.3 is 15.5 Å². The van der Waals surface area contributed by atoms with E-state index in [1.54, 1.807) is 17.0 Å². The van der Waals surface area contributed by atoms with Gasteiger partial charge in [-0.2, -0.15) is 8.42 Å². The van der Waals surface area contributed by atoms with Crippen LogP contribution in [0.15, 0.2) is 27.5 Å². The Kier molecular flexibility index (Phi) is 5.16. The molecule has 3 rings (SSSR count). The number of amidine groups is 1. The monoisotopic (exact) mass is 385 g/mol. The topological polar surface area (TPSA) is 94.1 Å². The van der Waals surface area contributed by atoms with Crippen LogP contribution in [0, 0.1) is 0 Å². The molecular weight excluding hydrogens is 366 g/mol. The lowest BCUT2D eigenvalue weighted by Gasteiger charge is -2.35. The Morgan fingerprint density at radius 2 is 2.04 bits per heavy atom. The molecule has 8 nitrogen and oxygen atoms in total. The zero-order valence-electron chi connectivity index (χ0n) is 13.8. The zero-order valence-corrected chi connectivity index (χ0v) is 15.4. The second-order valence-electron chi connectivity index (χ2n) is 5.88. The minimum absolute atomic E-state index is 0.0661. The van der Waals surface area contributed by atoms with Crippen molar-refractivity contribution in [3.63, 3.8) is 0 Å². The largest absolute Gasteiger partial charge is 0.341 e. The van der Waals surface area contributed by atoms with Gasteiger partial charge in [-0.25, -0.2) is 4.79 Å².